The van der Waals surface area contributed by atoms with Crippen LogP contribution in [-0.2, 0) is 27.5 Å². The number of nitrogens with one attached hydrogen (secondary N) is 2. The number of ether oxygens (including phenoxy) is 1. The second kappa shape index (κ2) is 12.1. The summed E-state index contributed by atoms with van der Waals surface area (Å²) in [6, 6.07) is 9.15. The molecule has 1 aromatic heterocycles. The number of aryl methyl sites for hydroxylation is 1. The highest BCUT2D eigenvalue weighted by molar-refractivity contribution is 5.85. The minimum Gasteiger partial charge on any atom is -0.374 e. The molecule has 0 aliphatic heterocycles. The fraction of sp³-hybridized carbons (Fsp3) is 0.571. The molecule has 10 heteroatoms. The van der Waals surface area contributed by atoms with Crippen molar-refractivity contribution in [2.75, 3.05) is 13.2 Å². The van der Waals surface area contributed by atoms with Crippen molar-refractivity contribution in [2.45, 2.75) is 64.8 Å². The van der Waals surface area contributed by atoms with Gasteiger partial charge in [-0.2, -0.15) is 0 Å². The fourth-order valence-electron chi connectivity index (χ4n) is 2.76. The minimum atomic E-state index is -1.06. The van der Waals surface area contributed by atoms with Gasteiger partial charge in [-0.25, -0.2) is 4.68 Å². The molecule has 31 heavy (non-hydrogen) atoms. The zero-order valence-corrected chi connectivity index (χ0v) is 18.5. The molecule has 0 spiro atoms. The predicted molar refractivity (Wildman–Crippen MR) is 116 cm³/mol. The van der Waals surface area contributed by atoms with Crippen LogP contribution < -0.4 is 16.4 Å². The molecule has 0 fully saturated rings. The zero-order chi connectivity index (χ0) is 22.7. The van der Waals surface area contributed by atoms with Crippen molar-refractivity contribution >= 4 is 11.8 Å². The lowest BCUT2D eigenvalue weighted by Gasteiger charge is -2.23. The topological polar surface area (TPSA) is 137 Å². The van der Waals surface area contributed by atoms with Crippen molar-refractivity contribution in [1.29, 1.82) is 0 Å². The number of benzene rings is 1. The van der Waals surface area contributed by atoms with E-state index >= 15 is 0 Å². The van der Waals surface area contributed by atoms with Gasteiger partial charge >= 0.3 is 0 Å². The van der Waals surface area contributed by atoms with Crippen LogP contribution in [0.15, 0.2) is 30.3 Å². The van der Waals surface area contributed by atoms with Gasteiger partial charge in [0.2, 0.25) is 11.8 Å². The largest absolute Gasteiger partial charge is 0.374 e. The van der Waals surface area contributed by atoms with Crippen LogP contribution in [0.5, 0.6) is 0 Å². The maximum atomic E-state index is 12.5. The van der Waals surface area contributed by atoms with E-state index in [-0.39, 0.29) is 18.4 Å². The highest BCUT2D eigenvalue weighted by atomic mass is 16.5. The highest BCUT2D eigenvalue weighted by Gasteiger charge is 2.28. The number of nitrogens with zero attached hydrogens (tertiary/aromatic N) is 4. The van der Waals surface area contributed by atoms with Crippen LogP contribution in [0.25, 0.3) is 0 Å². The van der Waals surface area contributed by atoms with E-state index in [0.29, 0.717) is 38.4 Å². The van der Waals surface area contributed by atoms with Gasteiger partial charge in [0, 0.05) is 19.5 Å². The van der Waals surface area contributed by atoms with E-state index in [1.807, 2.05) is 37.3 Å². The molecule has 0 saturated heterocycles. The Morgan fingerprint density at radius 3 is 2.68 bits per heavy atom. The summed E-state index contributed by atoms with van der Waals surface area (Å²) in [4.78, 5) is 24.3. The summed E-state index contributed by atoms with van der Waals surface area (Å²) >= 11 is 0. The molecule has 2 amide bonds. The number of tetrazole rings is 1. The first-order chi connectivity index (χ1) is 14.8. The molecule has 1 aromatic carbocycles. The summed E-state index contributed by atoms with van der Waals surface area (Å²) in [5.74, 6) is 0.117. The molecule has 1 unspecified atom stereocenters. The van der Waals surface area contributed by atoms with E-state index in [4.69, 9.17) is 10.5 Å². The first kappa shape index (κ1) is 24.4. The van der Waals surface area contributed by atoms with E-state index in [1.54, 1.807) is 18.5 Å². The predicted octanol–water partition coefficient (Wildman–Crippen LogP) is 1.09. The highest BCUT2D eigenvalue weighted by Crippen LogP contribution is 2.14. The van der Waals surface area contributed by atoms with Crippen LogP contribution in [0.4, 0.5) is 0 Å². The molecule has 0 bridgehead atoms. The smallest absolute Gasteiger partial charge is 0.240 e. The quantitative estimate of drug-likeness (QED) is 0.432. The Bertz CT molecular complexity index is 818. The molecular formula is C21H33N7O3. The third kappa shape index (κ3) is 8.42. The molecule has 2 aromatic rings. The minimum absolute atomic E-state index is 0.00240. The molecular weight excluding hydrogens is 398 g/mol. The van der Waals surface area contributed by atoms with Gasteiger partial charge < -0.3 is 21.1 Å². The number of amides is 2. The molecule has 4 N–H and O–H groups in total. The van der Waals surface area contributed by atoms with Gasteiger partial charge in [-0.1, -0.05) is 37.3 Å². The van der Waals surface area contributed by atoms with Crippen LogP contribution in [-0.4, -0.2) is 50.7 Å². The number of carbonyl (C=O) groups is 2. The summed E-state index contributed by atoms with van der Waals surface area (Å²) in [6.07, 6.45) is 1.84. The maximum absolute atomic E-state index is 12.5. The second-order valence-electron chi connectivity index (χ2n) is 7.96. The van der Waals surface area contributed by atoms with Gasteiger partial charge in [0.25, 0.3) is 0 Å². The molecule has 0 saturated carbocycles. The molecule has 2 rings (SSSR count). The third-order valence-electron chi connectivity index (χ3n) is 4.50. The van der Waals surface area contributed by atoms with Crippen molar-refractivity contribution in [3.8, 4) is 0 Å². The van der Waals surface area contributed by atoms with E-state index < -0.39 is 11.6 Å². The Morgan fingerprint density at radius 2 is 2.00 bits per heavy atom. The molecule has 0 aliphatic rings. The van der Waals surface area contributed by atoms with Crippen LogP contribution in [0.1, 0.15) is 57.5 Å². The number of nitrogens with two attached hydrogens (primary N) is 1. The number of hydrogen-bond acceptors (Lipinski definition) is 7. The van der Waals surface area contributed by atoms with Crippen LogP contribution in [0.2, 0.25) is 0 Å². The maximum Gasteiger partial charge on any atom is 0.240 e. The van der Waals surface area contributed by atoms with Crippen molar-refractivity contribution in [2.24, 2.45) is 5.73 Å². The lowest BCUT2D eigenvalue weighted by molar-refractivity contribution is -0.126. The summed E-state index contributed by atoms with van der Waals surface area (Å²) < 4.78 is 7.42. The van der Waals surface area contributed by atoms with E-state index in [0.717, 1.165) is 12.0 Å². The lowest BCUT2D eigenvalue weighted by atomic mass is 10.1. The van der Waals surface area contributed by atoms with Crippen molar-refractivity contribution < 1.29 is 14.3 Å². The van der Waals surface area contributed by atoms with Crippen molar-refractivity contribution in [3.05, 3.63) is 41.7 Å². The molecule has 170 valence electrons. The monoisotopic (exact) mass is 431 g/mol. The van der Waals surface area contributed by atoms with Gasteiger partial charge in [0.15, 0.2) is 5.82 Å². The summed E-state index contributed by atoms with van der Waals surface area (Å²) in [6.45, 7) is 6.93. The van der Waals surface area contributed by atoms with Gasteiger partial charge in [-0.15, -0.1) is 5.10 Å². The Labute approximate surface area is 182 Å². The summed E-state index contributed by atoms with van der Waals surface area (Å²) in [7, 11) is 0. The van der Waals surface area contributed by atoms with Gasteiger partial charge in [-0.3, -0.25) is 9.59 Å². The summed E-state index contributed by atoms with van der Waals surface area (Å²) in [5.41, 5.74) is 5.89. The van der Waals surface area contributed by atoms with Crippen LogP contribution >= 0.6 is 0 Å². The van der Waals surface area contributed by atoms with Crippen molar-refractivity contribution in [3.63, 3.8) is 0 Å². The first-order valence-electron chi connectivity index (χ1n) is 10.6. The number of aromatic nitrogens is 4. The zero-order valence-electron chi connectivity index (χ0n) is 18.5. The lowest BCUT2D eigenvalue weighted by Crippen LogP contribution is -2.51. The van der Waals surface area contributed by atoms with Gasteiger partial charge in [0.1, 0.15) is 6.04 Å². The Balaban J connectivity index is 2.02. The number of hydrogen-bond donors (Lipinski definition) is 3. The number of rotatable bonds is 13. The second-order valence-corrected chi connectivity index (χ2v) is 7.96. The van der Waals surface area contributed by atoms with Crippen LogP contribution in [0.3, 0.4) is 0 Å². The Kier molecular flexibility index (Phi) is 9.54. The standard InChI is InChI=1S/C21H33N7O3/c1-4-12-23-18(29)11-8-13-28-19(25-26-27-28)17(24-20(30)21(2,3)22)15-31-14-16-9-6-5-7-10-16/h5-7,9-10,17H,4,8,11-15,22H2,1-3H3,(H,23,29)(H,24,30). The van der Waals surface area contributed by atoms with E-state index in [1.165, 1.54) is 0 Å². The molecule has 1 heterocycles. The van der Waals surface area contributed by atoms with E-state index in [9.17, 15) is 9.59 Å². The third-order valence-corrected chi connectivity index (χ3v) is 4.50. The average Bonchev–Trinajstić information content (AvgIpc) is 3.20. The molecule has 0 aliphatic carbocycles. The average molecular weight is 432 g/mol. The molecule has 1 atom stereocenters. The molecule has 0 radical (unpaired) electrons. The number of carbonyl (C=O) groups excluding carboxylic acids is 2. The van der Waals surface area contributed by atoms with Gasteiger partial charge in [0.05, 0.1) is 18.8 Å². The van der Waals surface area contributed by atoms with Crippen LogP contribution in [0, 0.1) is 0 Å². The SMILES string of the molecule is CCCNC(=O)CCCn1nnnc1C(COCc1ccccc1)NC(=O)C(C)(C)N. The Morgan fingerprint density at radius 1 is 1.26 bits per heavy atom. The Hall–Kier alpha value is -2.85. The molecule has 10 nitrogen and oxygen atoms in total. The van der Waals surface area contributed by atoms with Gasteiger partial charge in [-0.05, 0) is 42.7 Å². The fourth-order valence-corrected chi connectivity index (χ4v) is 2.76. The van der Waals surface area contributed by atoms with Crippen molar-refractivity contribution in [1.82, 2.24) is 30.8 Å². The van der Waals surface area contributed by atoms with E-state index in [2.05, 4.69) is 26.2 Å². The summed E-state index contributed by atoms with van der Waals surface area (Å²) in [5, 5.41) is 17.6. The first-order valence-corrected chi connectivity index (χ1v) is 10.6. The normalized spacial score (nSPS) is 12.4.